The molecule has 19 heavy (non-hydrogen) atoms. The number of carbonyl (C=O) groups is 1. The SMILES string of the molecule is COc1ccc(SCC(=O)NCCCCCO)cc1. The smallest absolute Gasteiger partial charge is 0.230 e. The van der Waals surface area contributed by atoms with Crippen molar-refractivity contribution >= 4 is 17.7 Å². The van der Waals surface area contributed by atoms with E-state index in [9.17, 15) is 4.79 Å². The van der Waals surface area contributed by atoms with E-state index in [1.165, 1.54) is 11.8 Å². The highest BCUT2D eigenvalue weighted by atomic mass is 32.2. The van der Waals surface area contributed by atoms with Crippen LogP contribution in [0.3, 0.4) is 0 Å². The van der Waals surface area contributed by atoms with Gasteiger partial charge in [-0.2, -0.15) is 0 Å². The van der Waals surface area contributed by atoms with Crippen molar-refractivity contribution in [1.29, 1.82) is 0 Å². The Morgan fingerprint density at radius 2 is 2.00 bits per heavy atom. The van der Waals surface area contributed by atoms with Crippen molar-refractivity contribution in [1.82, 2.24) is 5.32 Å². The molecular formula is C14H21NO3S. The number of aliphatic hydroxyl groups is 1. The highest BCUT2D eigenvalue weighted by molar-refractivity contribution is 8.00. The molecule has 0 bridgehead atoms. The van der Waals surface area contributed by atoms with Gasteiger partial charge in [0.05, 0.1) is 12.9 Å². The first kappa shape index (κ1) is 15.9. The minimum Gasteiger partial charge on any atom is -0.497 e. The standard InChI is InChI=1S/C14H21NO3S/c1-18-12-5-7-13(8-6-12)19-11-14(17)15-9-3-2-4-10-16/h5-8,16H,2-4,9-11H2,1H3,(H,15,17). The minimum absolute atomic E-state index is 0.0461. The lowest BCUT2D eigenvalue weighted by Gasteiger charge is -2.05. The Labute approximate surface area is 118 Å². The first-order valence-corrected chi connectivity index (χ1v) is 7.39. The van der Waals surface area contributed by atoms with Gasteiger partial charge in [0.15, 0.2) is 0 Å². The Bertz CT molecular complexity index is 367. The number of hydrogen-bond acceptors (Lipinski definition) is 4. The third-order valence-corrected chi connectivity index (χ3v) is 3.60. The monoisotopic (exact) mass is 283 g/mol. The fourth-order valence-corrected chi connectivity index (χ4v) is 2.24. The van der Waals surface area contributed by atoms with E-state index in [4.69, 9.17) is 9.84 Å². The maximum Gasteiger partial charge on any atom is 0.230 e. The Balaban J connectivity index is 2.15. The third kappa shape index (κ3) is 7.08. The molecule has 2 N–H and O–H groups in total. The first-order chi connectivity index (χ1) is 9.26. The molecule has 0 aromatic heterocycles. The van der Waals surface area contributed by atoms with Gasteiger partial charge in [-0.1, -0.05) is 0 Å². The van der Waals surface area contributed by atoms with Crippen molar-refractivity contribution in [2.75, 3.05) is 26.0 Å². The van der Waals surface area contributed by atoms with E-state index in [2.05, 4.69) is 5.32 Å². The van der Waals surface area contributed by atoms with Gasteiger partial charge in [-0.3, -0.25) is 4.79 Å². The van der Waals surface area contributed by atoms with Crippen LogP contribution in [0.25, 0.3) is 0 Å². The van der Waals surface area contributed by atoms with E-state index >= 15 is 0 Å². The van der Waals surface area contributed by atoms with E-state index in [-0.39, 0.29) is 12.5 Å². The second kappa shape index (κ2) is 9.69. The molecule has 0 heterocycles. The second-order valence-corrected chi connectivity index (χ2v) is 5.15. The number of methoxy groups -OCH3 is 1. The lowest BCUT2D eigenvalue weighted by Crippen LogP contribution is -2.26. The molecule has 0 atom stereocenters. The summed E-state index contributed by atoms with van der Waals surface area (Å²) in [6.45, 7) is 0.906. The van der Waals surface area contributed by atoms with Crippen LogP contribution in [0.2, 0.25) is 0 Å². The van der Waals surface area contributed by atoms with E-state index in [0.717, 1.165) is 29.9 Å². The molecule has 0 aliphatic rings. The van der Waals surface area contributed by atoms with Crippen LogP contribution in [0.15, 0.2) is 29.2 Å². The van der Waals surface area contributed by atoms with E-state index in [1.807, 2.05) is 24.3 Å². The van der Waals surface area contributed by atoms with Gasteiger partial charge in [-0.05, 0) is 43.5 Å². The van der Waals surface area contributed by atoms with Crippen molar-refractivity contribution < 1.29 is 14.6 Å². The summed E-state index contributed by atoms with van der Waals surface area (Å²) in [6, 6.07) is 7.65. The first-order valence-electron chi connectivity index (χ1n) is 6.40. The summed E-state index contributed by atoms with van der Waals surface area (Å²) < 4.78 is 5.07. The van der Waals surface area contributed by atoms with Crippen LogP contribution in [0.4, 0.5) is 0 Å². The zero-order valence-electron chi connectivity index (χ0n) is 11.2. The van der Waals surface area contributed by atoms with Crippen LogP contribution in [0.5, 0.6) is 5.75 Å². The van der Waals surface area contributed by atoms with E-state index < -0.39 is 0 Å². The summed E-state index contributed by atoms with van der Waals surface area (Å²) in [6.07, 6.45) is 2.67. The van der Waals surface area contributed by atoms with Gasteiger partial charge in [0.2, 0.25) is 5.91 Å². The molecule has 1 aromatic carbocycles. The summed E-state index contributed by atoms with van der Waals surface area (Å²) in [5.74, 6) is 1.29. The van der Waals surface area contributed by atoms with Gasteiger partial charge >= 0.3 is 0 Å². The van der Waals surface area contributed by atoms with Crippen molar-refractivity contribution in [3.05, 3.63) is 24.3 Å². The summed E-state index contributed by atoms with van der Waals surface area (Å²) in [7, 11) is 1.63. The Hall–Kier alpha value is -1.20. The van der Waals surface area contributed by atoms with Gasteiger partial charge in [-0.25, -0.2) is 0 Å². The van der Waals surface area contributed by atoms with Crippen LogP contribution >= 0.6 is 11.8 Å². The molecule has 5 heteroatoms. The van der Waals surface area contributed by atoms with Gasteiger partial charge in [0.1, 0.15) is 5.75 Å². The number of hydrogen-bond donors (Lipinski definition) is 2. The maximum absolute atomic E-state index is 11.6. The van der Waals surface area contributed by atoms with Crippen LogP contribution in [-0.2, 0) is 4.79 Å². The molecule has 1 rings (SSSR count). The number of aliphatic hydroxyl groups excluding tert-OH is 1. The van der Waals surface area contributed by atoms with E-state index in [1.54, 1.807) is 7.11 Å². The summed E-state index contributed by atoms with van der Waals surface area (Å²) in [4.78, 5) is 12.6. The normalized spacial score (nSPS) is 10.2. The Morgan fingerprint density at radius 3 is 2.63 bits per heavy atom. The quantitative estimate of drug-likeness (QED) is 0.538. The topological polar surface area (TPSA) is 58.6 Å². The number of rotatable bonds is 9. The third-order valence-electron chi connectivity index (χ3n) is 2.59. The predicted molar refractivity (Wildman–Crippen MR) is 77.7 cm³/mol. The van der Waals surface area contributed by atoms with Crippen molar-refractivity contribution in [2.45, 2.75) is 24.2 Å². The molecule has 1 aromatic rings. The Morgan fingerprint density at radius 1 is 1.26 bits per heavy atom. The lowest BCUT2D eigenvalue weighted by atomic mass is 10.2. The molecule has 106 valence electrons. The number of thioether (sulfide) groups is 1. The van der Waals surface area contributed by atoms with Gasteiger partial charge in [0, 0.05) is 18.0 Å². The zero-order valence-corrected chi connectivity index (χ0v) is 12.0. The number of carbonyl (C=O) groups excluding carboxylic acids is 1. The van der Waals surface area contributed by atoms with E-state index in [0.29, 0.717) is 12.3 Å². The molecule has 0 aliphatic heterocycles. The van der Waals surface area contributed by atoms with Crippen molar-refractivity contribution in [3.8, 4) is 5.75 Å². The molecule has 4 nitrogen and oxygen atoms in total. The fourth-order valence-electron chi connectivity index (χ4n) is 1.51. The zero-order chi connectivity index (χ0) is 13.9. The average molecular weight is 283 g/mol. The molecule has 1 amide bonds. The molecule has 0 spiro atoms. The predicted octanol–water partition coefficient (Wildman–Crippen LogP) is 2.07. The number of unbranched alkanes of at least 4 members (excludes halogenated alkanes) is 2. The summed E-state index contributed by atoms with van der Waals surface area (Å²) >= 11 is 1.51. The number of nitrogens with one attached hydrogen (secondary N) is 1. The molecule has 0 fully saturated rings. The minimum atomic E-state index is 0.0461. The number of benzene rings is 1. The largest absolute Gasteiger partial charge is 0.497 e. The van der Waals surface area contributed by atoms with Gasteiger partial charge in [-0.15, -0.1) is 11.8 Å². The number of amides is 1. The van der Waals surface area contributed by atoms with Crippen molar-refractivity contribution in [3.63, 3.8) is 0 Å². The molecule has 0 saturated carbocycles. The second-order valence-electron chi connectivity index (χ2n) is 4.10. The fraction of sp³-hybridized carbons (Fsp3) is 0.500. The summed E-state index contributed by atoms with van der Waals surface area (Å²) in [5.41, 5.74) is 0. The Kier molecular flexibility index (Phi) is 8.09. The molecular weight excluding hydrogens is 262 g/mol. The molecule has 0 aliphatic carbocycles. The average Bonchev–Trinajstić information content (AvgIpc) is 2.45. The van der Waals surface area contributed by atoms with Crippen molar-refractivity contribution in [2.24, 2.45) is 0 Å². The van der Waals surface area contributed by atoms with Crippen LogP contribution in [0.1, 0.15) is 19.3 Å². The maximum atomic E-state index is 11.6. The summed E-state index contributed by atoms with van der Waals surface area (Å²) in [5, 5.41) is 11.5. The van der Waals surface area contributed by atoms with Crippen LogP contribution in [0, 0.1) is 0 Å². The number of ether oxygens (including phenoxy) is 1. The van der Waals surface area contributed by atoms with Crippen LogP contribution in [-0.4, -0.2) is 37.0 Å². The van der Waals surface area contributed by atoms with Gasteiger partial charge in [0.25, 0.3) is 0 Å². The highest BCUT2D eigenvalue weighted by Gasteiger charge is 2.02. The van der Waals surface area contributed by atoms with Crippen LogP contribution < -0.4 is 10.1 Å². The lowest BCUT2D eigenvalue weighted by molar-refractivity contribution is -0.118. The molecule has 0 saturated heterocycles. The highest BCUT2D eigenvalue weighted by Crippen LogP contribution is 2.20. The molecule has 0 radical (unpaired) electrons. The van der Waals surface area contributed by atoms with Gasteiger partial charge < -0.3 is 15.2 Å². The molecule has 0 unspecified atom stereocenters.